The molecule has 1 aromatic rings. The summed E-state index contributed by atoms with van der Waals surface area (Å²) in [4.78, 5) is 5.79. The number of hydrogen-bond donors (Lipinski definition) is 0. The average molecular weight is 316 g/mol. The first-order chi connectivity index (χ1) is 8.23. The zero-order chi connectivity index (χ0) is 11.9. The Kier molecular flexibility index (Phi) is 3.30. The molecule has 1 aliphatic carbocycles. The van der Waals surface area contributed by atoms with E-state index in [-0.39, 0.29) is 0 Å². The second-order valence-corrected chi connectivity index (χ2v) is 7.28. The van der Waals surface area contributed by atoms with Gasteiger partial charge in [0, 0.05) is 28.4 Å². The van der Waals surface area contributed by atoms with Crippen molar-refractivity contribution in [2.24, 2.45) is 11.3 Å². The molecule has 2 aliphatic rings. The van der Waals surface area contributed by atoms with Crippen LogP contribution in [0.5, 0.6) is 0 Å². The molecule has 0 bridgehead atoms. The maximum Gasteiger partial charge on any atom is 0.0896 e. The molecule has 17 heavy (non-hydrogen) atoms. The number of aromatic nitrogens is 1. The molecule has 0 aromatic carbocycles. The van der Waals surface area contributed by atoms with Crippen LogP contribution >= 0.6 is 27.3 Å². The van der Waals surface area contributed by atoms with E-state index >= 15 is 0 Å². The number of alkyl halides is 1. The molecule has 0 N–H and O–H groups in total. The second kappa shape index (κ2) is 4.63. The van der Waals surface area contributed by atoms with E-state index in [9.17, 15) is 0 Å². The summed E-state index contributed by atoms with van der Waals surface area (Å²) >= 11 is 5.57. The van der Waals surface area contributed by atoms with Crippen molar-refractivity contribution in [1.82, 2.24) is 4.98 Å². The van der Waals surface area contributed by atoms with Crippen LogP contribution in [0.25, 0.3) is 0 Å². The lowest BCUT2D eigenvalue weighted by Crippen LogP contribution is -2.36. The number of hydrogen-bond acceptors (Lipinski definition) is 3. The van der Waals surface area contributed by atoms with Gasteiger partial charge in [-0.25, -0.2) is 4.98 Å². The van der Waals surface area contributed by atoms with Crippen LogP contribution in [-0.2, 0) is 11.2 Å². The first-order valence-electron chi connectivity index (χ1n) is 6.32. The van der Waals surface area contributed by atoms with Crippen molar-refractivity contribution in [3.63, 3.8) is 0 Å². The van der Waals surface area contributed by atoms with Gasteiger partial charge in [0.1, 0.15) is 0 Å². The minimum atomic E-state index is 0.320. The monoisotopic (exact) mass is 315 g/mol. The summed E-state index contributed by atoms with van der Waals surface area (Å²) in [7, 11) is 0. The van der Waals surface area contributed by atoms with Crippen molar-refractivity contribution in [1.29, 1.82) is 0 Å². The third-order valence-electron chi connectivity index (χ3n) is 4.01. The Morgan fingerprint density at radius 2 is 2.41 bits per heavy atom. The molecule has 3 rings (SSSR count). The highest BCUT2D eigenvalue weighted by Crippen LogP contribution is 2.50. The summed E-state index contributed by atoms with van der Waals surface area (Å²) < 4.78 is 6.02. The molecular weight excluding hydrogens is 298 g/mol. The Morgan fingerprint density at radius 1 is 1.59 bits per heavy atom. The maximum absolute atomic E-state index is 6.02. The molecule has 0 amide bonds. The fourth-order valence-corrected chi connectivity index (χ4v) is 4.70. The highest BCUT2D eigenvalue weighted by molar-refractivity contribution is 9.09. The Labute approximate surface area is 115 Å². The van der Waals surface area contributed by atoms with Crippen molar-refractivity contribution in [3.8, 4) is 0 Å². The molecule has 94 valence electrons. The summed E-state index contributed by atoms with van der Waals surface area (Å²) in [6, 6.07) is 0. The predicted molar refractivity (Wildman–Crippen MR) is 73.9 cm³/mol. The van der Waals surface area contributed by atoms with Crippen molar-refractivity contribution in [2.75, 3.05) is 11.9 Å². The van der Waals surface area contributed by atoms with Crippen molar-refractivity contribution in [2.45, 2.75) is 38.7 Å². The Bertz CT molecular complexity index is 404. The Hall–Kier alpha value is 0.0700. The number of aryl methyl sites for hydroxylation is 1. The molecule has 1 aliphatic heterocycles. The normalized spacial score (nSPS) is 33.2. The summed E-state index contributed by atoms with van der Waals surface area (Å²) in [5.41, 5.74) is 0.320. The molecule has 2 fully saturated rings. The van der Waals surface area contributed by atoms with Crippen LogP contribution in [-0.4, -0.2) is 23.0 Å². The van der Waals surface area contributed by atoms with Gasteiger partial charge in [-0.05, 0) is 38.5 Å². The topological polar surface area (TPSA) is 22.1 Å². The number of rotatable bonds is 4. The number of halogens is 1. The molecule has 0 spiro atoms. The molecule has 2 heterocycles. The van der Waals surface area contributed by atoms with Gasteiger partial charge < -0.3 is 4.74 Å². The van der Waals surface area contributed by atoms with Crippen molar-refractivity contribution in [3.05, 3.63) is 16.1 Å². The van der Waals surface area contributed by atoms with Gasteiger partial charge in [0.2, 0.25) is 0 Å². The smallest absolute Gasteiger partial charge is 0.0896 e. The number of ether oxygens (including phenoxy) is 1. The second-order valence-electron chi connectivity index (χ2n) is 5.40. The zero-order valence-corrected chi connectivity index (χ0v) is 12.5. The Morgan fingerprint density at radius 3 is 3.00 bits per heavy atom. The first kappa shape index (κ1) is 12.1. The molecule has 2 unspecified atom stereocenters. The highest BCUT2D eigenvalue weighted by atomic mass is 79.9. The maximum atomic E-state index is 6.02. The van der Waals surface area contributed by atoms with Gasteiger partial charge in [-0.2, -0.15) is 0 Å². The standard InChI is InChI=1S/C13H18BrNOS/c1-9-15-7-11(17-9)6-13(8-14)4-5-16-12(13)10-2-3-10/h7,10,12H,2-6,8H2,1H3. The third kappa shape index (κ3) is 2.32. The van der Waals surface area contributed by atoms with Crippen LogP contribution in [0, 0.1) is 18.3 Å². The van der Waals surface area contributed by atoms with Crippen LogP contribution in [0.1, 0.15) is 29.1 Å². The number of nitrogens with zero attached hydrogens (tertiary/aromatic N) is 1. The van der Waals surface area contributed by atoms with Gasteiger partial charge in [-0.1, -0.05) is 15.9 Å². The molecule has 1 saturated carbocycles. The molecule has 2 nitrogen and oxygen atoms in total. The molecule has 4 heteroatoms. The molecular formula is C13H18BrNOS. The SMILES string of the molecule is Cc1ncc(CC2(CBr)CCOC2C2CC2)s1. The van der Waals surface area contributed by atoms with E-state index in [4.69, 9.17) is 4.74 Å². The van der Waals surface area contributed by atoms with Crippen LogP contribution in [0.3, 0.4) is 0 Å². The largest absolute Gasteiger partial charge is 0.377 e. The molecule has 1 saturated heterocycles. The van der Waals surface area contributed by atoms with E-state index in [1.165, 1.54) is 29.1 Å². The predicted octanol–water partition coefficient (Wildman–Crippen LogP) is 3.57. The van der Waals surface area contributed by atoms with Gasteiger partial charge in [-0.3, -0.25) is 0 Å². The first-order valence-corrected chi connectivity index (χ1v) is 8.26. The fraction of sp³-hybridized carbons (Fsp3) is 0.769. The van der Waals surface area contributed by atoms with E-state index < -0.39 is 0 Å². The minimum Gasteiger partial charge on any atom is -0.377 e. The van der Waals surface area contributed by atoms with Crippen LogP contribution in [0.2, 0.25) is 0 Å². The summed E-state index contributed by atoms with van der Waals surface area (Å²) in [6.45, 7) is 3.02. The van der Waals surface area contributed by atoms with E-state index in [1.807, 2.05) is 17.5 Å². The van der Waals surface area contributed by atoms with Gasteiger partial charge in [-0.15, -0.1) is 11.3 Å². The quantitative estimate of drug-likeness (QED) is 0.792. The lowest BCUT2D eigenvalue weighted by Gasteiger charge is -2.32. The van der Waals surface area contributed by atoms with Crippen molar-refractivity contribution >= 4 is 27.3 Å². The van der Waals surface area contributed by atoms with E-state index in [1.54, 1.807) is 0 Å². The van der Waals surface area contributed by atoms with Crippen molar-refractivity contribution < 1.29 is 4.74 Å². The van der Waals surface area contributed by atoms with E-state index in [0.29, 0.717) is 11.5 Å². The summed E-state index contributed by atoms with van der Waals surface area (Å²) in [5, 5.41) is 2.23. The fourth-order valence-electron chi connectivity index (χ4n) is 2.96. The Balaban J connectivity index is 1.80. The minimum absolute atomic E-state index is 0.320. The van der Waals surface area contributed by atoms with Crippen LogP contribution < -0.4 is 0 Å². The lowest BCUT2D eigenvalue weighted by atomic mass is 9.77. The van der Waals surface area contributed by atoms with Crippen LogP contribution in [0.4, 0.5) is 0 Å². The van der Waals surface area contributed by atoms with Gasteiger partial charge in [0.05, 0.1) is 11.1 Å². The zero-order valence-electron chi connectivity index (χ0n) is 10.1. The molecule has 1 aromatic heterocycles. The summed E-state index contributed by atoms with van der Waals surface area (Å²) in [6.07, 6.45) is 7.57. The number of thiazole rings is 1. The van der Waals surface area contributed by atoms with Gasteiger partial charge in [0.15, 0.2) is 0 Å². The molecule has 2 atom stereocenters. The van der Waals surface area contributed by atoms with Gasteiger partial charge in [0.25, 0.3) is 0 Å². The van der Waals surface area contributed by atoms with Gasteiger partial charge >= 0.3 is 0 Å². The third-order valence-corrected chi connectivity index (χ3v) is 6.04. The average Bonchev–Trinajstić information content (AvgIpc) is 2.96. The van der Waals surface area contributed by atoms with E-state index in [0.717, 1.165) is 24.3 Å². The molecule has 0 radical (unpaired) electrons. The highest BCUT2D eigenvalue weighted by Gasteiger charge is 2.50. The van der Waals surface area contributed by atoms with Crippen LogP contribution in [0.15, 0.2) is 6.20 Å². The summed E-state index contributed by atoms with van der Waals surface area (Å²) in [5.74, 6) is 0.823. The lowest BCUT2D eigenvalue weighted by molar-refractivity contribution is 0.0416. The van der Waals surface area contributed by atoms with E-state index in [2.05, 4.69) is 27.8 Å².